The van der Waals surface area contributed by atoms with Gasteiger partial charge in [0.05, 0.1) is 31.5 Å². The number of halogens is 1. The lowest BCUT2D eigenvalue weighted by Gasteiger charge is -2.12. The summed E-state index contributed by atoms with van der Waals surface area (Å²) < 4.78 is 10.8. The van der Waals surface area contributed by atoms with Crippen molar-refractivity contribution in [2.75, 3.05) is 0 Å². The molecule has 1 N–H and O–H groups in total. The first-order chi connectivity index (χ1) is 11.2. The molecule has 2 heterocycles. The van der Waals surface area contributed by atoms with Crippen LogP contribution >= 0.6 is 11.6 Å². The molecule has 0 aromatic heterocycles. The maximum Gasteiger partial charge on any atom is 0.115 e. The zero-order valence-electron chi connectivity index (χ0n) is 12.6. The van der Waals surface area contributed by atoms with Gasteiger partial charge in [-0.25, -0.2) is 0 Å². The Labute approximate surface area is 140 Å². The standard InChI is InChI=1S/C19H17ClO3/c20-18(6-12-1-2-14-8-22-10-16(14)5-12)19(21)13-3-4-15-9-23-11-17(15)7-13/h1-7,19,21H,8-11H2/b18-6-. The number of aliphatic hydroxyl groups excluding tert-OH is 1. The van der Waals surface area contributed by atoms with Gasteiger partial charge in [0.25, 0.3) is 0 Å². The highest BCUT2D eigenvalue weighted by molar-refractivity contribution is 6.32. The minimum Gasteiger partial charge on any atom is -0.383 e. The van der Waals surface area contributed by atoms with Gasteiger partial charge in [-0.3, -0.25) is 0 Å². The molecule has 3 nitrogen and oxygen atoms in total. The molecular formula is C19H17ClO3. The van der Waals surface area contributed by atoms with E-state index in [0.717, 1.165) is 16.7 Å². The molecule has 1 atom stereocenters. The van der Waals surface area contributed by atoms with Gasteiger partial charge in [-0.05, 0) is 45.5 Å². The first kappa shape index (κ1) is 14.9. The predicted octanol–water partition coefficient (Wildman–Crippen LogP) is 4.06. The minimum absolute atomic E-state index is 0.405. The zero-order chi connectivity index (χ0) is 15.8. The van der Waals surface area contributed by atoms with E-state index >= 15 is 0 Å². The van der Waals surface area contributed by atoms with E-state index in [1.54, 1.807) is 0 Å². The smallest absolute Gasteiger partial charge is 0.115 e. The Hall–Kier alpha value is -1.65. The van der Waals surface area contributed by atoms with Gasteiger partial charge in [-0.1, -0.05) is 41.9 Å². The summed E-state index contributed by atoms with van der Waals surface area (Å²) in [7, 11) is 0. The maximum absolute atomic E-state index is 10.5. The van der Waals surface area contributed by atoms with Gasteiger partial charge in [0.15, 0.2) is 0 Å². The lowest BCUT2D eigenvalue weighted by Crippen LogP contribution is -1.99. The lowest BCUT2D eigenvalue weighted by atomic mass is 10.0. The molecular weight excluding hydrogens is 312 g/mol. The first-order valence-corrected chi connectivity index (χ1v) is 8.02. The molecule has 0 aliphatic carbocycles. The summed E-state index contributed by atoms with van der Waals surface area (Å²) in [5.41, 5.74) is 6.48. The third-order valence-corrected chi connectivity index (χ3v) is 4.69. The lowest BCUT2D eigenvalue weighted by molar-refractivity contribution is 0.134. The molecule has 0 spiro atoms. The fourth-order valence-corrected chi connectivity index (χ4v) is 3.29. The molecule has 0 fully saturated rings. The quantitative estimate of drug-likeness (QED) is 0.923. The molecule has 118 valence electrons. The minimum atomic E-state index is -0.827. The highest BCUT2D eigenvalue weighted by Crippen LogP contribution is 2.31. The molecule has 23 heavy (non-hydrogen) atoms. The maximum atomic E-state index is 10.5. The molecule has 2 aliphatic heterocycles. The Morgan fingerprint density at radius 2 is 1.52 bits per heavy atom. The molecule has 2 aromatic carbocycles. The summed E-state index contributed by atoms with van der Waals surface area (Å²) in [6.07, 6.45) is 0.987. The second kappa shape index (κ2) is 6.10. The number of fused-ring (bicyclic) bond motifs is 2. The SMILES string of the molecule is OC(/C(Cl)=C/c1ccc2c(c1)COC2)c1ccc2c(c1)COC2. The second-order valence-corrected chi connectivity index (χ2v) is 6.41. The van der Waals surface area contributed by atoms with Gasteiger partial charge in [0.1, 0.15) is 6.10 Å². The number of hydrogen-bond acceptors (Lipinski definition) is 3. The van der Waals surface area contributed by atoms with Gasteiger partial charge in [0.2, 0.25) is 0 Å². The van der Waals surface area contributed by atoms with Crippen LogP contribution in [0.4, 0.5) is 0 Å². The first-order valence-electron chi connectivity index (χ1n) is 7.65. The van der Waals surface area contributed by atoms with Crippen LogP contribution in [0.3, 0.4) is 0 Å². The Balaban J connectivity index is 1.59. The Bertz CT molecular complexity index is 782. The molecule has 0 amide bonds. The van der Waals surface area contributed by atoms with Crippen molar-refractivity contribution in [1.82, 2.24) is 0 Å². The van der Waals surface area contributed by atoms with Gasteiger partial charge in [-0.2, -0.15) is 0 Å². The fourth-order valence-electron chi connectivity index (χ4n) is 3.04. The number of rotatable bonds is 3. The van der Waals surface area contributed by atoms with Crippen LogP contribution in [0.25, 0.3) is 6.08 Å². The van der Waals surface area contributed by atoms with E-state index in [-0.39, 0.29) is 0 Å². The average molecular weight is 329 g/mol. The zero-order valence-corrected chi connectivity index (χ0v) is 13.3. The van der Waals surface area contributed by atoms with Gasteiger partial charge >= 0.3 is 0 Å². The van der Waals surface area contributed by atoms with Crippen LogP contribution in [0, 0.1) is 0 Å². The van der Waals surface area contributed by atoms with E-state index in [4.69, 9.17) is 21.1 Å². The molecule has 0 saturated heterocycles. The summed E-state index contributed by atoms with van der Waals surface area (Å²) in [4.78, 5) is 0. The number of benzene rings is 2. The van der Waals surface area contributed by atoms with E-state index in [9.17, 15) is 5.11 Å². The number of ether oxygens (including phenoxy) is 2. The van der Waals surface area contributed by atoms with Gasteiger partial charge in [-0.15, -0.1) is 0 Å². The third-order valence-electron chi connectivity index (χ3n) is 4.37. The van der Waals surface area contributed by atoms with Crippen molar-refractivity contribution in [3.05, 3.63) is 74.8 Å². The second-order valence-electron chi connectivity index (χ2n) is 5.97. The molecule has 0 radical (unpaired) electrons. The Kier molecular flexibility index (Phi) is 3.95. The van der Waals surface area contributed by atoms with Gasteiger partial charge in [0, 0.05) is 0 Å². The van der Waals surface area contributed by atoms with Crippen LogP contribution in [-0.4, -0.2) is 5.11 Å². The normalized spacial score (nSPS) is 17.9. The average Bonchev–Trinajstić information content (AvgIpc) is 3.21. The Morgan fingerprint density at radius 1 is 0.913 bits per heavy atom. The molecule has 4 rings (SSSR count). The van der Waals surface area contributed by atoms with Crippen molar-refractivity contribution in [2.24, 2.45) is 0 Å². The topological polar surface area (TPSA) is 38.7 Å². The van der Waals surface area contributed by atoms with E-state index in [0.29, 0.717) is 31.5 Å². The van der Waals surface area contributed by atoms with Crippen molar-refractivity contribution >= 4 is 17.7 Å². The molecule has 0 saturated carbocycles. The number of hydrogen-bond donors (Lipinski definition) is 1. The van der Waals surface area contributed by atoms with Crippen LogP contribution in [0.15, 0.2) is 41.4 Å². The van der Waals surface area contributed by atoms with Crippen LogP contribution in [0.2, 0.25) is 0 Å². The Morgan fingerprint density at radius 3 is 2.26 bits per heavy atom. The van der Waals surface area contributed by atoms with Gasteiger partial charge < -0.3 is 14.6 Å². The molecule has 2 aromatic rings. The largest absolute Gasteiger partial charge is 0.383 e. The summed E-state index contributed by atoms with van der Waals surface area (Å²) in [5, 5.41) is 10.9. The van der Waals surface area contributed by atoms with Crippen molar-refractivity contribution in [2.45, 2.75) is 32.5 Å². The van der Waals surface area contributed by atoms with Crippen molar-refractivity contribution in [3.8, 4) is 0 Å². The summed E-state index contributed by atoms with van der Waals surface area (Å²) in [6, 6.07) is 12.0. The fraction of sp³-hybridized carbons (Fsp3) is 0.263. The monoisotopic (exact) mass is 328 g/mol. The summed E-state index contributed by atoms with van der Waals surface area (Å²) in [6.45, 7) is 2.56. The van der Waals surface area contributed by atoms with Crippen LogP contribution in [0.1, 0.15) is 39.5 Å². The molecule has 2 aliphatic rings. The van der Waals surface area contributed by atoms with Crippen molar-refractivity contribution < 1.29 is 14.6 Å². The van der Waals surface area contributed by atoms with Crippen LogP contribution in [0.5, 0.6) is 0 Å². The number of aliphatic hydroxyl groups is 1. The summed E-state index contributed by atoms with van der Waals surface area (Å²) in [5.74, 6) is 0. The highest BCUT2D eigenvalue weighted by atomic mass is 35.5. The highest BCUT2D eigenvalue weighted by Gasteiger charge is 2.17. The van der Waals surface area contributed by atoms with E-state index in [1.807, 2.05) is 30.3 Å². The van der Waals surface area contributed by atoms with E-state index in [2.05, 4.69) is 12.1 Å². The molecule has 4 heteroatoms. The molecule has 1 unspecified atom stereocenters. The molecule has 0 bridgehead atoms. The predicted molar refractivity (Wildman–Crippen MR) is 88.7 cm³/mol. The van der Waals surface area contributed by atoms with E-state index in [1.165, 1.54) is 16.7 Å². The third kappa shape index (κ3) is 2.93. The summed E-state index contributed by atoms with van der Waals surface area (Å²) >= 11 is 6.35. The van der Waals surface area contributed by atoms with E-state index < -0.39 is 6.10 Å². The van der Waals surface area contributed by atoms with Crippen molar-refractivity contribution in [3.63, 3.8) is 0 Å². The van der Waals surface area contributed by atoms with Crippen molar-refractivity contribution in [1.29, 1.82) is 0 Å². The van der Waals surface area contributed by atoms with Crippen LogP contribution in [-0.2, 0) is 35.9 Å². The van der Waals surface area contributed by atoms with Crippen LogP contribution < -0.4 is 0 Å².